The molecule has 0 aliphatic heterocycles. The van der Waals surface area contributed by atoms with E-state index in [1.165, 1.54) is 12.8 Å². The minimum Gasteiger partial charge on any atom is -0.481 e. The molecule has 0 bridgehead atoms. The molecule has 1 rings (SSSR count). The zero-order valence-corrected chi connectivity index (χ0v) is 13.2. The number of aliphatic carboxylic acids is 1. The molecule has 1 aliphatic carbocycles. The van der Waals surface area contributed by atoms with Crippen molar-refractivity contribution < 1.29 is 19.4 Å². The van der Waals surface area contributed by atoms with Crippen LogP contribution in [0.15, 0.2) is 12.2 Å². The van der Waals surface area contributed by atoms with Gasteiger partial charge in [0.25, 0.3) is 0 Å². The predicted octanol–water partition coefficient (Wildman–Crippen LogP) is 3.95. The molecular formula is C17H28O4. The SMILES string of the molecule is CCCCCCC(CC)OC(=O)C1CC=CCC1C(=O)O. The normalized spacial score (nSPS) is 22.8. The third kappa shape index (κ3) is 5.90. The minimum atomic E-state index is -0.905. The Morgan fingerprint density at radius 1 is 1.14 bits per heavy atom. The summed E-state index contributed by atoms with van der Waals surface area (Å²) in [6.45, 7) is 4.17. The maximum atomic E-state index is 12.3. The molecule has 0 saturated carbocycles. The zero-order valence-electron chi connectivity index (χ0n) is 13.2. The lowest BCUT2D eigenvalue weighted by Crippen LogP contribution is -2.34. The third-order valence-electron chi connectivity index (χ3n) is 4.17. The Bertz CT molecular complexity index is 362. The number of carbonyl (C=O) groups excluding carboxylic acids is 1. The van der Waals surface area contributed by atoms with Crippen molar-refractivity contribution in [1.82, 2.24) is 0 Å². The van der Waals surface area contributed by atoms with Crippen molar-refractivity contribution in [2.75, 3.05) is 0 Å². The topological polar surface area (TPSA) is 63.6 Å². The number of hydrogen-bond acceptors (Lipinski definition) is 3. The van der Waals surface area contributed by atoms with E-state index >= 15 is 0 Å². The molecule has 21 heavy (non-hydrogen) atoms. The van der Waals surface area contributed by atoms with Gasteiger partial charge in [0.15, 0.2) is 0 Å². The lowest BCUT2D eigenvalue weighted by Gasteiger charge is -2.26. The molecule has 0 aromatic heterocycles. The fourth-order valence-electron chi connectivity index (χ4n) is 2.74. The number of hydrogen-bond donors (Lipinski definition) is 1. The van der Waals surface area contributed by atoms with Crippen molar-refractivity contribution in [3.63, 3.8) is 0 Å². The van der Waals surface area contributed by atoms with Gasteiger partial charge in [-0.1, -0.05) is 45.3 Å². The Kier molecular flexibility index (Phi) is 8.09. The lowest BCUT2D eigenvalue weighted by atomic mass is 9.83. The summed E-state index contributed by atoms with van der Waals surface area (Å²) in [5.74, 6) is -2.41. The smallest absolute Gasteiger partial charge is 0.310 e. The molecule has 0 radical (unpaired) electrons. The minimum absolute atomic E-state index is 0.0743. The number of ether oxygens (including phenoxy) is 1. The first-order chi connectivity index (χ1) is 10.1. The van der Waals surface area contributed by atoms with Crippen LogP contribution in [0, 0.1) is 11.8 Å². The van der Waals surface area contributed by atoms with Gasteiger partial charge in [-0.2, -0.15) is 0 Å². The number of rotatable bonds is 9. The Morgan fingerprint density at radius 2 is 1.81 bits per heavy atom. The first-order valence-electron chi connectivity index (χ1n) is 8.18. The van der Waals surface area contributed by atoms with Gasteiger partial charge < -0.3 is 9.84 Å². The Morgan fingerprint density at radius 3 is 2.38 bits per heavy atom. The van der Waals surface area contributed by atoms with Gasteiger partial charge in [0, 0.05) is 0 Å². The number of carboxylic acids is 1. The van der Waals surface area contributed by atoms with Crippen LogP contribution in [0.5, 0.6) is 0 Å². The summed E-state index contributed by atoms with van der Waals surface area (Å²) in [7, 11) is 0. The summed E-state index contributed by atoms with van der Waals surface area (Å²) in [4.78, 5) is 23.5. The van der Waals surface area contributed by atoms with Crippen LogP contribution in [0.3, 0.4) is 0 Å². The zero-order chi connectivity index (χ0) is 15.7. The maximum Gasteiger partial charge on any atom is 0.310 e. The van der Waals surface area contributed by atoms with Crippen LogP contribution in [-0.2, 0) is 14.3 Å². The second kappa shape index (κ2) is 9.59. The van der Waals surface area contributed by atoms with Crippen LogP contribution < -0.4 is 0 Å². The average Bonchev–Trinajstić information content (AvgIpc) is 2.50. The molecule has 0 fully saturated rings. The number of carboxylic acid groups (broad SMARTS) is 1. The van der Waals surface area contributed by atoms with Crippen molar-refractivity contribution in [1.29, 1.82) is 0 Å². The maximum absolute atomic E-state index is 12.3. The Hall–Kier alpha value is -1.32. The molecule has 4 heteroatoms. The van der Waals surface area contributed by atoms with E-state index in [1.54, 1.807) is 0 Å². The van der Waals surface area contributed by atoms with Gasteiger partial charge in [0.05, 0.1) is 11.8 Å². The molecule has 0 aromatic carbocycles. The largest absolute Gasteiger partial charge is 0.481 e. The third-order valence-corrected chi connectivity index (χ3v) is 4.17. The fraction of sp³-hybridized carbons (Fsp3) is 0.765. The number of esters is 1. The van der Waals surface area contributed by atoms with Gasteiger partial charge in [-0.3, -0.25) is 9.59 Å². The van der Waals surface area contributed by atoms with E-state index in [4.69, 9.17) is 4.74 Å². The van der Waals surface area contributed by atoms with Crippen LogP contribution in [0.25, 0.3) is 0 Å². The van der Waals surface area contributed by atoms with Crippen molar-refractivity contribution in [2.24, 2.45) is 11.8 Å². The van der Waals surface area contributed by atoms with E-state index in [0.717, 1.165) is 25.7 Å². The molecule has 1 N–H and O–H groups in total. The van der Waals surface area contributed by atoms with Crippen LogP contribution in [0.1, 0.15) is 65.2 Å². The Labute approximate surface area is 127 Å². The van der Waals surface area contributed by atoms with Crippen molar-refractivity contribution in [2.45, 2.75) is 71.3 Å². The molecule has 0 amide bonds. The predicted molar refractivity (Wildman–Crippen MR) is 81.9 cm³/mol. The van der Waals surface area contributed by atoms with E-state index in [-0.39, 0.29) is 12.1 Å². The molecule has 0 saturated heterocycles. The number of unbranched alkanes of at least 4 members (excludes halogenated alkanes) is 3. The van der Waals surface area contributed by atoms with E-state index in [0.29, 0.717) is 12.8 Å². The summed E-state index contributed by atoms with van der Waals surface area (Å²) < 4.78 is 5.56. The van der Waals surface area contributed by atoms with E-state index in [1.807, 2.05) is 19.1 Å². The first kappa shape index (κ1) is 17.7. The molecule has 3 atom stereocenters. The highest BCUT2D eigenvalue weighted by Gasteiger charge is 2.35. The van der Waals surface area contributed by atoms with Crippen LogP contribution >= 0.6 is 0 Å². The standard InChI is InChI=1S/C17H28O4/c1-3-5-6-7-10-13(4-2)21-17(20)15-12-9-8-11-14(15)16(18)19/h8-9,13-15H,3-7,10-12H2,1-2H3,(H,18,19). The van der Waals surface area contributed by atoms with Gasteiger partial charge in [0.2, 0.25) is 0 Å². The average molecular weight is 296 g/mol. The monoisotopic (exact) mass is 296 g/mol. The molecule has 120 valence electrons. The summed E-state index contributed by atoms with van der Waals surface area (Å²) >= 11 is 0. The molecule has 3 unspecified atom stereocenters. The summed E-state index contributed by atoms with van der Waals surface area (Å²) in [5.41, 5.74) is 0. The number of carbonyl (C=O) groups is 2. The molecule has 0 heterocycles. The second-order valence-corrected chi connectivity index (χ2v) is 5.81. The summed E-state index contributed by atoms with van der Waals surface area (Å²) in [6.07, 6.45) is 10.8. The van der Waals surface area contributed by atoms with Gasteiger partial charge in [0.1, 0.15) is 6.10 Å². The lowest BCUT2D eigenvalue weighted by molar-refractivity contribution is -0.162. The highest BCUT2D eigenvalue weighted by molar-refractivity contribution is 5.81. The number of allylic oxidation sites excluding steroid dienone is 2. The molecule has 4 nitrogen and oxygen atoms in total. The van der Waals surface area contributed by atoms with Crippen molar-refractivity contribution in [3.8, 4) is 0 Å². The first-order valence-corrected chi connectivity index (χ1v) is 8.18. The summed E-state index contributed by atoms with van der Waals surface area (Å²) in [6, 6.07) is 0. The quantitative estimate of drug-likeness (QED) is 0.397. The Balaban J connectivity index is 2.48. The van der Waals surface area contributed by atoms with E-state index < -0.39 is 17.8 Å². The van der Waals surface area contributed by atoms with E-state index in [2.05, 4.69) is 6.92 Å². The highest BCUT2D eigenvalue weighted by atomic mass is 16.5. The van der Waals surface area contributed by atoms with Crippen LogP contribution in [-0.4, -0.2) is 23.1 Å². The van der Waals surface area contributed by atoms with Gasteiger partial charge in [-0.05, 0) is 32.1 Å². The molecule has 0 spiro atoms. The molecule has 0 aromatic rings. The van der Waals surface area contributed by atoms with Crippen LogP contribution in [0.2, 0.25) is 0 Å². The van der Waals surface area contributed by atoms with Crippen molar-refractivity contribution >= 4 is 11.9 Å². The van der Waals surface area contributed by atoms with Crippen molar-refractivity contribution in [3.05, 3.63) is 12.2 Å². The molecule has 1 aliphatic rings. The highest BCUT2D eigenvalue weighted by Crippen LogP contribution is 2.28. The summed E-state index contributed by atoms with van der Waals surface area (Å²) in [5, 5.41) is 9.21. The van der Waals surface area contributed by atoms with Gasteiger partial charge in [-0.15, -0.1) is 0 Å². The second-order valence-electron chi connectivity index (χ2n) is 5.81. The van der Waals surface area contributed by atoms with Gasteiger partial charge in [-0.25, -0.2) is 0 Å². The fourth-order valence-corrected chi connectivity index (χ4v) is 2.74. The van der Waals surface area contributed by atoms with Crippen LogP contribution in [0.4, 0.5) is 0 Å². The molecular weight excluding hydrogens is 268 g/mol. The van der Waals surface area contributed by atoms with Gasteiger partial charge >= 0.3 is 11.9 Å². The van der Waals surface area contributed by atoms with E-state index in [9.17, 15) is 14.7 Å².